The number of rotatable bonds is 56. The van der Waals surface area contributed by atoms with E-state index in [4.69, 9.17) is 28.7 Å². The van der Waals surface area contributed by atoms with Crippen molar-refractivity contribution >= 4 is 87.2 Å². The van der Waals surface area contributed by atoms with Crippen molar-refractivity contribution in [2.45, 2.75) is 217 Å². The van der Waals surface area contributed by atoms with Gasteiger partial charge in [0.15, 0.2) is 11.6 Å². The van der Waals surface area contributed by atoms with Crippen LogP contribution in [0.4, 0.5) is 0 Å². The standard InChI is InChI=1S/C42H65N3O8.C39H62N4O7/c1-27(2)19-33(23-38(49)32(15-11-12-18-43)22-35(47)17-16-30(6)46)39(50)25-37(28(3)4)40(51)24-34(21-31-13-9-8-10-14-31)42(53)45(7)26-36(48)20-29(5)41(44)52;1-25(2)16-30(20-35(46)29(14-10-11-15-40)19-32(44)23-41)36(47)22-34(26(3)4)37(48)21-31(18-28-12-8-7-9-13-28)39(50)43(6)24-33(45)17-27(5)38(42)49/h8-10,13-14,27-29,32-34,37H,11-12,15-26,43H2,1-7H3,(H2,44,52);7-9,12-13,25-27,29-31,34H,10-11,14-24,40-41H2,1-6H3,(H2,42,49). The lowest BCUT2D eigenvalue weighted by Crippen LogP contribution is -2.40. The summed E-state index contributed by atoms with van der Waals surface area (Å²) in [6, 6.07) is 18.5. The molecule has 0 aromatic heterocycles. The van der Waals surface area contributed by atoms with E-state index in [2.05, 4.69) is 0 Å². The SMILES string of the molecule is CC(=O)CCC(=O)CC(CCCCN)C(=O)CC(CC(C)C)C(=O)CC(C(=O)CC(Cc1ccccc1)C(=O)N(C)CC(=O)CC(C)C(N)=O)C(C)C.CC(C)CC(CC(=O)C(CCCCN)CC(=O)CN)C(=O)CC(C(=O)CC(Cc1ccccc1)C(=O)N(C)CC(=O)CC(C)C(N)=O)C(C)C. The van der Waals surface area contributed by atoms with E-state index < -0.39 is 76.9 Å². The molecule has 0 bridgehead atoms. The predicted molar refractivity (Wildman–Crippen MR) is 400 cm³/mol. The minimum atomic E-state index is -0.796. The molecule has 10 N–H and O–H groups in total. The van der Waals surface area contributed by atoms with Crippen molar-refractivity contribution in [3.8, 4) is 0 Å². The van der Waals surface area contributed by atoms with Crippen LogP contribution in [0, 0.1) is 82.9 Å². The molecule has 0 aliphatic carbocycles. The van der Waals surface area contributed by atoms with Gasteiger partial charge in [0, 0.05) is 150 Å². The van der Waals surface area contributed by atoms with Gasteiger partial charge in [-0.3, -0.25) is 67.1 Å². The first kappa shape index (κ1) is 93.6. The molecule has 576 valence electrons. The second-order valence-corrected chi connectivity index (χ2v) is 30.5. The normalized spacial score (nSPS) is 14.3. The third-order valence-corrected chi connectivity index (χ3v) is 19.3. The largest absolute Gasteiger partial charge is 0.369 e. The topological polar surface area (TPSA) is 393 Å². The van der Waals surface area contributed by atoms with Crippen molar-refractivity contribution in [1.82, 2.24) is 9.80 Å². The molecular formula is C81H127N7O15. The predicted octanol–water partition coefficient (Wildman–Crippen LogP) is 9.13. The maximum Gasteiger partial charge on any atom is 0.226 e. The maximum absolute atomic E-state index is 14.1. The highest BCUT2D eigenvalue weighted by Gasteiger charge is 2.38. The van der Waals surface area contributed by atoms with Crippen molar-refractivity contribution in [1.29, 1.82) is 0 Å². The molecule has 22 heteroatoms. The zero-order valence-corrected chi connectivity index (χ0v) is 64.4. The lowest BCUT2D eigenvalue weighted by molar-refractivity contribution is -0.141. The molecule has 10 atom stereocenters. The molecule has 2 rings (SSSR count). The fraction of sp³-hybridized carbons (Fsp3) is 0.667. The van der Waals surface area contributed by atoms with Gasteiger partial charge in [-0.05, 0) is 106 Å². The Kier molecular flexibility index (Phi) is 45.5. The average Bonchev–Trinajstić information content (AvgIpc) is 0.850. The summed E-state index contributed by atoms with van der Waals surface area (Å²) in [6.07, 6.45) is 4.79. The highest BCUT2D eigenvalue weighted by atomic mass is 16.2. The highest BCUT2D eigenvalue weighted by Crippen LogP contribution is 2.32. The Morgan fingerprint density at radius 2 is 0.699 bits per heavy atom. The maximum atomic E-state index is 14.1. The van der Waals surface area contributed by atoms with Gasteiger partial charge in [-0.1, -0.05) is 143 Å². The van der Waals surface area contributed by atoms with E-state index in [1.165, 1.54) is 30.8 Å². The number of hydrogen-bond donors (Lipinski definition) is 5. The number of benzene rings is 2. The second-order valence-electron chi connectivity index (χ2n) is 30.5. The van der Waals surface area contributed by atoms with E-state index in [0.29, 0.717) is 58.0 Å². The summed E-state index contributed by atoms with van der Waals surface area (Å²) in [4.78, 5) is 198. The number of primary amides is 2. The Hall–Kier alpha value is -7.43. The molecular weight excluding hydrogens is 1310 g/mol. The van der Waals surface area contributed by atoms with Crippen molar-refractivity contribution < 1.29 is 71.9 Å². The molecule has 0 aliphatic rings. The smallest absolute Gasteiger partial charge is 0.226 e. The number of carbonyl (C=O) groups is 15. The van der Waals surface area contributed by atoms with E-state index in [9.17, 15) is 71.9 Å². The fourth-order valence-electron chi connectivity index (χ4n) is 13.1. The highest BCUT2D eigenvalue weighted by molar-refractivity contribution is 5.98. The number of unbranched alkanes of at least 4 members (excludes halogenated alkanes) is 2. The van der Waals surface area contributed by atoms with Crippen LogP contribution in [0.5, 0.6) is 0 Å². The summed E-state index contributed by atoms with van der Waals surface area (Å²) in [5.74, 6) is -11.1. The zero-order valence-electron chi connectivity index (χ0n) is 64.4. The summed E-state index contributed by atoms with van der Waals surface area (Å²) in [5.41, 5.74) is 29.2. The van der Waals surface area contributed by atoms with Gasteiger partial charge in [-0.25, -0.2) is 0 Å². The molecule has 0 fully saturated rings. The number of carbonyl (C=O) groups excluding carboxylic acids is 15. The van der Waals surface area contributed by atoms with Crippen LogP contribution in [-0.4, -0.2) is 144 Å². The summed E-state index contributed by atoms with van der Waals surface area (Å²) >= 11 is 0. The van der Waals surface area contributed by atoms with Gasteiger partial charge in [0.25, 0.3) is 0 Å². The van der Waals surface area contributed by atoms with Crippen LogP contribution < -0.4 is 28.7 Å². The summed E-state index contributed by atoms with van der Waals surface area (Å²) in [7, 11) is 2.99. The van der Waals surface area contributed by atoms with Crippen LogP contribution in [0.15, 0.2) is 60.7 Å². The Balaban J connectivity index is 0.00000103. The number of nitrogens with two attached hydrogens (primary N) is 5. The number of ketones is 11. The zero-order chi connectivity index (χ0) is 78.2. The van der Waals surface area contributed by atoms with Gasteiger partial charge >= 0.3 is 0 Å². The molecule has 0 heterocycles. The van der Waals surface area contributed by atoms with Gasteiger partial charge in [0.05, 0.1) is 19.6 Å². The molecule has 0 spiro atoms. The minimum Gasteiger partial charge on any atom is -0.369 e. The summed E-state index contributed by atoms with van der Waals surface area (Å²) in [6.45, 7) is 20.2. The monoisotopic (exact) mass is 1440 g/mol. The van der Waals surface area contributed by atoms with Crippen molar-refractivity contribution in [2.24, 2.45) is 112 Å². The van der Waals surface area contributed by atoms with Crippen LogP contribution in [-0.2, 0) is 84.8 Å². The van der Waals surface area contributed by atoms with E-state index in [1.54, 1.807) is 13.8 Å². The Bertz CT molecular complexity index is 3070. The average molecular weight is 1440 g/mol. The van der Waals surface area contributed by atoms with Crippen LogP contribution in [0.3, 0.4) is 0 Å². The molecule has 0 saturated carbocycles. The third-order valence-electron chi connectivity index (χ3n) is 19.3. The van der Waals surface area contributed by atoms with Crippen molar-refractivity contribution in [3.05, 3.63) is 71.8 Å². The number of nitrogens with zero attached hydrogens (tertiary/aromatic N) is 2. The lowest BCUT2D eigenvalue weighted by atomic mass is 9.77. The molecule has 4 amide bonds. The Morgan fingerprint density at radius 1 is 0.369 bits per heavy atom. The number of likely N-dealkylation sites (N-methyl/N-ethyl adjacent to an activating group) is 2. The summed E-state index contributed by atoms with van der Waals surface area (Å²) in [5, 5.41) is 0. The van der Waals surface area contributed by atoms with Crippen LogP contribution in [0.1, 0.15) is 216 Å². The second kappa shape index (κ2) is 50.1. The van der Waals surface area contributed by atoms with Gasteiger partial charge < -0.3 is 43.3 Å². The van der Waals surface area contributed by atoms with Gasteiger partial charge in [0.2, 0.25) is 23.6 Å². The molecule has 22 nitrogen and oxygen atoms in total. The number of hydrogen-bond acceptors (Lipinski definition) is 18. The quantitative estimate of drug-likeness (QED) is 0.0385. The Labute approximate surface area is 613 Å². The lowest BCUT2D eigenvalue weighted by Gasteiger charge is -2.27. The molecule has 2 aromatic rings. The first-order valence-corrected chi connectivity index (χ1v) is 37.3. The van der Waals surface area contributed by atoms with E-state index in [0.717, 1.165) is 17.5 Å². The molecule has 103 heavy (non-hydrogen) atoms. The van der Waals surface area contributed by atoms with Gasteiger partial charge in [0.1, 0.15) is 52.0 Å². The van der Waals surface area contributed by atoms with Gasteiger partial charge in [-0.15, -0.1) is 0 Å². The molecule has 0 aliphatic heterocycles. The molecule has 0 saturated heterocycles. The van der Waals surface area contributed by atoms with Gasteiger partial charge in [-0.2, -0.15) is 0 Å². The molecule has 2 aromatic carbocycles. The van der Waals surface area contributed by atoms with E-state index in [1.807, 2.05) is 116 Å². The van der Waals surface area contributed by atoms with Crippen LogP contribution in [0.2, 0.25) is 0 Å². The third kappa shape index (κ3) is 38.2. The van der Waals surface area contributed by atoms with Crippen LogP contribution >= 0.6 is 0 Å². The Morgan fingerprint density at radius 3 is 1.00 bits per heavy atom. The molecule has 10 unspecified atom stereocenters. The fourth-order valence-corrected chi connectivity index (χ4v) is 13.1. The van der Waals surface area contributed by atoms with Crippen LogP contribution in [0.25, 0.3) is 0 Å². The number of amides is 4. The van der Waals surface area contributed by atoms with Crippen molar-refractivity contribution in [3.63, 3.8) is 0 Å². The van der Waals surface area contributed by atoms with Crippen molar-refractivity contribution in [2.75, 3.05) is 46.8 Å². The van der Waals surface area contributed by atoms with E-state index in [-0.39, 0.29) is 203 Å². The molecule has 0 radical (unpaired) electrons. The minimum absolute atomic E-state index is 0.0104. The summed E-state index contributed by atoms with van der Waals surface area (Å²) < 4.78 is 0. The van der Waals surface area contributed by atoms with E-state index >= 15 is 0 Å². The number of Topliss-reactive ketones (excluding diaryl/α,β-unsaturated/α-hetero) is 11. The first-order chi connectivity index (χ1) is 48.3. The first-order valence-electron chi connectivity index (χ1n) is 37.3.